The van der Waals surface area contributed by atoms with Gasteiger partial charge in [-0.05, 0) is 40.3 Å². The standard InChI is InChI=1S/C13H26N2O4S/c1-4-19-13(16)8-6-10-20(17,18)15-9-5-7-12(11-15)14(2)3/h12H,4-11H2,1-3H3. The molecule has 1 fully saturated rings. The van der Waals surface area contributed by atoms with E-state index in [4.69, 9.17) is 4.74 Å². The molecule has 20 heavy (non-hydrogen) atoms. The van der Waals surface area contributed by atoms with Gasteiger partial charge in [0.15, 0.2) is 0 Å². The van der Waals surface area contributed by atoms with Crippen LogP contribution < -0.4 is 0 Å². The number of hydrogen-bond acceptors (Lipinski definition) is 5. The van der Waals surface area contributed by atoms with Gasteiger partial charge in [-0.2, -0.15) is 0 Å². The predicted octanol–water partition coefficient (Wildman–Crippen LogP) is 0.686. The average molecular weight is 306 g/mol. The Morgan fingerprint density at radius 1 is 1.40 bits per heavy atom. The van der Waals surface area contributed by atoms with Crippen molar-refractivity contribution in [3.8, 4) is 0 Å². The molecule has 7 heteroatoms. The molecule has 1 unspecified atom stereocenters. The number of sulfonamides is 1. The van der Waals surface area contributed by atoms with Crippen molar-refractivity contribution in [2.45, 2.75) is 38.6 Å². The predicted molar refractivity (Wildman–Crippen MR) is 77.9 cm³/mol. The molecule has 1 rings (SSSR count). The van der Waals surface area contributed by atoms with Crippen molar-refractivity contribution in [1.29, 1.82) is 0 Å². The van der Waals surface area contributed by atoms with E-state index < -0.39 is 10.0 Å². The van der Waals surface area contributed by atoms with E-state index in [1.54, 1.807) is 11.2 Å². The SMILES string of the molecule is CCOC(=O)CCCS(=O)(=O)N1CCCC(N(C)C)C1. The van der Waals surface area contributed by atoms with E-state index in [9.17, 15) is 13.2 Å². The maximum absolute atomic E-state index is 12.2. The highest BCUT2D eigenvalue weighted by Crippen LogP contribution is 2.17. The zero-order chi connectivity index (χ0) is 15.2. The molecule has 0 amide bonds. The van der Waals surface area contributed by atoms with Crippen LogP contribution in [0.5, 0.6) is 0 Å². The van der Waals surface area contributed by atoms with Crippen molar-refractivity contribution in [3.63, 3.8) is 0 Å². The normalized spacial score (nSPS) is 21.1. The Morgan fingerprint density at radius 3 is 2.70 bits per heavy atom. The first-order chi connectivity index (χ1) is 9.36. The van der Waals surface area contributed by atoms with E-state index in [1.807, 2.05) is 14.1 Å². The first-order valence-electron chi connectivity index (χ1n) is 7.16. The average Bonchev–Trinajstić information content (AvgIpc) is 2.39. The molecule has 0 aromatic carbocycles. The summed E-state index contributed by atoms with van der Waals surface area (Å²) in [7, 11) is 0.686. The summed E-state index contributed by atoms with van der Waals surface area (Å²) in [5, 5.41) is 0. The fourth-order valence-electron chi connectivity index (χ4n) is 2.36. The zero-order valence-electron chi connectivity index (χ0n) is 12.7. The number of piperidine rings is 1. The number of rotatable bonds is 7. The third-order valence-corrected chi connectivity index (χ3v) is 5.49. The van der Waals surface area contributed by atoms with Gasteiger partial charge in [0, 0.05) is 25.6 Å². The number of ether oxygens (including phenoxy) is 1. The van der Waals surface area contributed by atoms with Crippen LogP contribution in [0, 0.1) is 0 Å². The van der Waals surface area contributed by atoms with Crippen LogP contribution in [-0.4, -0.2) is 69.2 Å². The molecule has 1 aliphatic heterocycles. The maximum Gasteiger partial charge on any atom is 0.305 e. The van der Waals surface area contributed by atoms with E-state index in [1.165, 1.54) is 0 Å². The van der Waals surface area contributed by atoms with Crippen LogP contribution in [0.1, 0.15) is 32.6 Å². The summed E-state index contributed by atoms with van der Waals surface area (Å²) in [6.45, 7) is 3.22. The lowest BCUT2D eigenvalue weighted by Gasteiger charge is -2.35. The summed E-state index contributed by atoms with van der Waals surface area (Å²) < 4.78 is 30.9. The van der Waals surface area contributed by atoms with Gasteiger partial charge in [0.25, 0.3) is 0 Å². The minimum atomic E-state index is -3.26. The Bertz CT molecular complexity index is 409. The van der Waals surface area contributed by atoms with Gasteiger partial charge in [-0.1, -0.05) is 0 Å². The van der Waals surface area contributed by atoms with Gasteiger partial charge in [0.1, 0.15) is 0 Å². The van der Waals surface area contributed by atoms with Crippen molar-refractivity contribution in [1.82, 2.24) is 9.21 Å². The third kappa shape index (κ3) is 5.38. The highest BCUT2D eigenvalue weighted by Gasteiger charge is 2.29. The molecular formula is C13H26N2O4S. The molecule has 6 nitrogen and oxygen atoms in total. The molecule has 0 aromatic rings. The molecule has 0 aromatic heterocycles. The van der Waals surface area contributed by atoms with Gasteiger partial charge in [0.05, 0.1) is 12.4 Å². The summed E-state index contributed by atoms with van der Waals surface area (Å²) >= 11 is 0. The summed E-state index contributed by atoms with van der Waals surface area (Å²) in [5.41, 5.74) is 0. The second-order valence-corrected chi connectivity index (χ2v) is 7.43. The molecular weight excluding hydrogens is 280 g/mol. The van der Waals surface area contributed by atoms with Gasteiger partial charge < -0.3 is 9.64 Å². The van der Waals surface area contributed by atoms with Crippen molar-refractivity contribution >= 4 is 16.0 Å². The number of carbonyl (C=O) groups excluding carboxylic acids is 1. The topological polar surface area (TPSA) is 66.9 Å². The van der Waals surface area contributed by atoms with E-state index in [-0.39, 0.29) is 24.2 Å². The van der Waals surface area contributed by atoms with Crippen LogP contribution in [0.4, 0.5) is 0 Å². The second kappa shape index (κ2) is 7.95. The molecule has 0 radical (unpaired) electrons. The van der Waals surface area contributed by atoms with Gasteiger partial charge in [-0.15, -0.1) is 0 Å². The highest BCUT2D eigenvalue weighted by atomic mass is 32.2. The molecule has 1 atom stereocenters. The van der Waals surface area contributed by atoms with Crippen LogP contribution in [0.15, 0.2) is 0 Å². The van der Waals surface area contributed by atoms with Crippen LogP contribution in [0.3, 0.4) is 0 Å². The van der Waals surface area contributed by atoms with E-state index >= 15 is 0 Å². The first-order valence-corrected chi connectivity index (χ1v) is 8.77. The van der Waals surface area contributed by atoms with Crippen LogP contribution >= 0.6 is 0 Å². The molecule has 0 aliphatic carbocycles. The third-order valence-electron chi connectivity index (χ3n) is 3.57. The fraction of sp³-hybridized carbons (Fsp3) is 0.923. The number of carbonyl (C=O) groups is 1. The van der Waals surface area contributed by atoms with Gasteiger partial charge in [0.2, 0.25) is 10.0 Å². The molecule has 1 heterocycles. The highest BCUT2D eigenvalue weighted by molar-refractivity contribution is 7.89. The van der Waals surface area contributed by atoms with Crippen LogP contribution in [0.2, 0.25) is 0 Å². The summed E-state index contributed by atoms with van der Waals surface area (Å²) in [6, 6.07) is 0.281. The molecule has 1 aliphatic rings. The summed E-state index contributed by atoms with van der Waals surface area (Å²) in [5.74, 6) is -0.307. The Labute approximate surface area is 122 Å². The van der Waals surface area contributed by atoms with Gasteiger partial charge in [-0.25, -0.2) is 12.7 Å². The number of esters is 1. The Morgan fingerprint density at radius 2 is 2.10 bits per heavy atom. The largest absolute Gasteiger partial charge is 0.466 e. The number of nitrogens with zero attached hydrogens (tertiary/aromatic N) is 2. The van der Waals surface area contributed by atoms with Crippen molar-refractivity contribution < 1.29 is 17.9 Å². The fourth-order valence-corrected chi connectivity index (χ4v) is 3.93. The Kier molecular flexibility index (Phi) is 6.91. The van der Waals surface area contributed by atoms with Crippen molar-refractivity contribution in [2.24, 2.45) is 0 Å². The lowest BCUT2D eigenvalue weighted by Crippen LogP contribution is -2.48. The molecule has 0 spiro atoms. The minimum Gasteiger partial charge on any atom is -0.466 e. The monoisotopic (exact) mass is 306 g/mol. The van der Waals surface area contributed by atoms with Gasteiger partial charge in [-0.3, -0.25) is 4.79 Å². The lowest BCUT2D eigenvalue weighted by molar-refractivity contribution is -0.143. The van der Waals surface area contributed by atoms with Gasteiger partial charge >= 0.3 is 5.97 Å². The molecule has 118 valence electrons. The molecule has 0 N–H and O–H groups in total. The summed E-state index contributed by atoms with van der Waals surface area (Å²) in [4.78, 5) is 13.3. The lowest BCUT2D eigenvalue weighted by atomic mass is 10.1. The second-order valence-electron chi connectivity index (χ2n) is 5.34. The Balaban J connectivity index is 2.45. The first kappa shape index (κ1) is 17.4. The zero-order valence-corrected chi connectivity index (χ0v) is 13.5. The summed E-state index contributed by atoms with van der Waals surface area (Å²) in [6.07, 6.45) is 2.41. The van der Waals surface area contributed by atoms with E-state index in [2.05, 4.69) is 4.90 Å². The Hall–Kier alpha value is -0.660. The molecule has 0 bridgehead atoms. The van der Waals surface area contributed by atoms with Crippen molar-refractivity contribution in [3.05, 3.63) is 0 Å². The maximum atomic E-state index is 12.2. The number of likely N-dealkylation sites (N-methyl/N-ethyl adjacent to an activating group) is 1. The molecule has 0 saturated carbocycles. The van der Waals surface area contributed by atoms with Crippen LogP contribution in [0.25, 0.3) is 0 Å². The molecule has 1 saturated heterocycles. The van der Waals surface area contributed by atoms with Crippen LogP contribution in [-0.2, 0) is 19.6 Å². The smallest absolute Gasteiger partial charge is 0.305 e. The van der Waals surface area contributed by atoms with E-state index in [0.717, 1.165) is 12.8 Å². The van der Waals surface area contributed by atoms with Crippen molar-refractivity contribution in [2.75, 3.05) is 39.5 Å². The van der Waals surface area contributed by atoms with E-state index in [0.29, 0.717) is 26.1 Å². The number of hydrogen-bond donors (Lipinski definition) is 0. The quantitative estimate of drug-likeness (QED) is 0.647. The minimum absolute atomic E-state index is 0.0198.